The number of fused-ring (bicyclic) bond motifs is 3. The minimum Gasteiger partial charge on any atom is -0.508 e. The number of allylic oxidation sites excluding steroid dienone is 5. The average Bonchev–Trinajstić information content (AvgIpc) is 3.35. The molecular weight excluding hydrogens is 482 g/mol. The summed E-state index contributed by atoms with van der Waals surface area (Å²) in [5.41, 5.74) is 9.55. The van der Waals surface area contributed by atoms with Crippen molar-refractivity contribution in [1.29, 1.82) is 0 Å². The Balaban J connectivity index is 0.00000172. The number of nitrogens with zero attached hydrogens (tertiary/aromatic N) is 2. The molecule has 5 rings (SSSR count). The Morgan fingerprint density at radius 1 is 1.21 bits per heavy atom. The zero-order valence-electron chi connectivity index (χ0n) is 24.6. The molecule has 0 saturated heterocycles. The molecule has 5 nitrogen and oxygen atoms in total. The van der Waals surface area contributed by atoms with E-state index in [4.69, 9.17) is 4.74 Å². The van der Waals surface area contributed by atoms with Crippen LogP contribution < -0.4 is 9.64 Å². The Morgan fingerprint density at radius 3 is 2.64 bits per heavy atom. The van der Waals surface area contributed by atoms with Gasteiger partial charge in [0.1, 0.15) is 23.1 Å². The van der Waals surface area contributed by atoms with E-state index in [1.807, 2.05) is 58.0 Å². The molecule has 0 unspecified atom stereocenters. The number of aliphatic hydroxyl groups excluding tert-OH is 1. The zero-order chi connectivity index (χ0) is 28.5. The van der Waals surface area contributed by atoms with Gasteiger partial charge in [0.2, 0.25) is 0 Å². The summed E-state index contributed by atoms with van der Waals surface area (Å²) in [6, 6.07) is 10.2. The van der Waals surface area contributed by atoms with Crippen molar-refractivity contribution < 1.29 is 9.84 Å². The van der Waals surface area contributed by atoms with Crippen molar-refractivity contribution in [3.8, 4) is 5.75 Å². The first-order valence-electron chi connectivity index (χ1n) is 13.7. The number of anilines is 1. The van der Waals surface area contributed by atoms with E-state index in [1.54, 1.807) is 12.2 Å². The number of H-pyrrole nitrogens is 1. The number of aromatic amines is 1. The summed E-state index contributed by atoms with van der Waals surface area (Å²) in [4.78, 5) is 10.3. The van der Waals surface area contributed by atoms with Crippen LogP contribution in [0.1, 0.15) is 70.5 Å². The standard InChI is InChI=1S/C32H35N3O2.C2H6/c1-19(20(2)31-33-27-10-8-9-11-28(27)34-31)16-25(36)13-12-23-17-24-18-26-29(21(3)30(24)37-22(23)4)35(7)15-14-32(26,5)6;1-2/h8-13,16-18,36H,4,14-15H2,1-3,5-7H3,(H,33,34);1-2H3/b13-12+,20-19-,25-16-;. The number of ether oxygens (including phenoxy) is 1. The lowest BCUT2D eigenvalue weighted by atomic mass is 9.75. The molecule has 0 fully saturated rings. The van der Waals surface area contributed by atoms with Crippen molar-refractivity contribution in [1.82, 2.24) is 9.97 Å². The monoisotopic (exact) mass is 523 g/mol. The summed E-state index contributed by atoms with van der Waals surface area (Å²) in [6.45, 7) is 19.9. The van der Waals surface area contributed by atoms with Crippen molar-refractivity contribution in [3.63, 3.8) is 0 Å². The predicted octanol–water partition coefficient (Wildman–Crippen LogP) is 8.80. The summed E-state index contributed by atoms with van der Waals surface area (Å²) >= 11 is 0. The van der Waals surface area contributed by atoms with Crippen LogP contribution in [0.25, 0.3) is 22.7 Å². The highest BCUT2D eigenvalue weighted by Crippen LogP contribution is 2.47. The number of hydrogen-bond donors (Lipinski definition) is 2. The van der Waals surface area contributed by atoms with Gasteiger partial charge in [-0.1, -0.05) is 46.4 Å². The van der Waals surface area contributed by atoms with Gasteiger partial charge in [0.05, 0.1) is 11.0 Å². The second kappa shape index (κ2) is 11.0. The molecule has 0 amide bonds. The van der Waals surface area contributed by atoms with E-state index in [1.165, 1.54) is 11.3 Å². The molecule has 0 aliphatic carbocycles. The highest BCUT2D eigenvalue weighted by Gasteiger charge is 2.34. The molecule has 2 N–H and O–H groups in total. The van der Waals surface area contributed by atoms with Crippen LogP contribution in [0.3, 0.4) is 0 Å². The molecule has 1 aromatic heterocycles. The van der Waals surface area contributed by atoms with Crippen LogP contribution in [0.2, 0.25) is 0 Å². The lowest BCUT2D eigenvalue weighted by Gasteiger charge is -2.40. The molecule has 0 bridgehead atoms. The topological polar surface area (TPSA) is 61.4 Å². The van der Waals surface area contributed by atoms with E-state index in [0.717, 1.165) is 63.4 Å². The fraction of sp³-hybridized carbons (Fsp3) is 0.324. The molecule has 2 aliphatic rings. The van der Waals surface area contributed by atoms with Gasteiger partial charge in [-0.25, -0.2) is 4.98 Å². The normalized spacial score (nSPS) is 17.1. The van der Waals surface area contributed by atoms with Gasteiger partial charge in [-0.15, -0.1) is 0 Å². The Morgan fingerprint density at radius 2 is 1.92 bits per heavy atom. The molecule has 3 aromatic rings. The highest BCUT2D eigenvalue weighted by molar-refractivity contribution is 5.80. The Hall–Kier alpha value is -3.99. The van der Waals surface area contributed by atoms with Crippen molar-refractivity contribution in [2.45, 2.75) is 60.3 Å². The highest BCUT2D eigenvalue weighted by atomic mass is 16.5. The summed E-state index contributed by atoms with van der Waals surface area (Å²) in [7, 11) is 2.15. The maximum Gasteiger partial charge on any atom is 0.139 e. The van der Waals surface area contributed by atoms with E-state index >= 15 is 0 Å². The molecule has 2 aliphatic heterocycles. The van der Waals surface area contributed by atoms with E-state index in [9.17, 15) is 5.11 Å². The fourth-order valence-corrected chi connectivity index (χ4v) is 5.20. The fourth-order valence-electron chi connectivity index (χ4n) is 5.20. The van der Waals surface area contributed by atoms with Crippen molar-refractivity contribution in [2.24, 2.45) is 0 Å². The summed E-state index contributed by atoms with van der Waals surface area (Å²) in [6.07, 6.45) is 8.50. The van der Waals surface area contributed by atoms with Gasteiger partial charge in [-0.05, 0) is 91.8 Å². The number of para-hydroxylation sites is 2. The molecule has 204 valence electrons. The third-order valence-electron chi connectivity index (χ3n) is 7.69. The molecule has 39 heavy (non-hydrogen) atoms. The van der Waals surface area contributed by atoms with Gasteiger partial charge < -0.3 is 19.7 Å². The summed E-state index contributed by atoms with van der Waals surface area (Å²) in [5, 5.41) is 10.7. The molecule has 0 atom stereocenters. The lowest BCUT2D eigenvalue weighted by molar-refractivity contribution is 0.425. The molecule has 3 heterocycles. The third kappa shape index (κ3) is 5.44. The van der Waals surface area contributed by atoms with Crippen molar-refractivity contribution in [2.75, 3.05) is 18.5 Å². The van der Waals surface area contributed by atoms with E-state index < -0.39 is 0 Å². The second-order valence-electron chi connectivity index (χ2n) is 10.8. The molecule has 0 spiro atoms. The molecule has 0 saturated carbocycles. The maximum atomic E-state index is 10.7. The third-order valence-corrected chi connectivity index (χ3v) is 7.69. The number of imidazole rings is 1. The SMILES string of the molecule is C=C1Oc2c(cc3c(c2C)N(C)CCC3(C)C)C=C1/C=C/C(O)=C/C(C)=C(/C)c1nc2ccccc2[nH]1.CC. The lowest BCUT2D eigenvalue weighted by Crippen LogP contribution is -2.35. The van der Waals surface area contributed by atoms with Gasteiger partial charge in [0.25, 0.3) is 0 Å². The minimum atomic E-state index is 0.0997. The average molecular weight is 524 g/mol. The van der Waals surface area contributed by atoms with Crippen LogP contribution in [0, 0.1) is 6.92 Å². The smallest absolute Gasteiger partial charge is 0.139 e. The number of aromatic nitrogens is 2. The van der Waals surface area contributed by atoms with E-state index in [2.05, 4.69) is 61.4 Å². The summed E-state index contributed by atoms with van der Waals surface area (Å²) < 4.78 is 6.23. The van der Waals surface area contributed by atoms with E-state index in [-0.39, 0.29) is 11.2 Å². The van der Waals surface area contributed by atoms with Gasteiger partial charge in [-0.3, -0.25) is 0 Å². The summed E-state index contributed by atoms with van der Waals surface area (Å²) in [5.74, 6) is 2.39. The zero-order valence-corrected chi connectivity index (χ0v) is 24.6. The first-order valence-corrected chi connectivity index (χ1v) is 13.7. The Kier molecular flexibility index (Phi) is 7.91. The van der Waals surface area contributed by atoms with Crippen LogP contribution in [0.5, 0.6) is 5.75 Å². The largest absolute Gasteiger partial charge is 0.508 e. The van der Waals surface area contributed by atoms with Crippen LogP contribution in [-0.4, -0.2) is 28.7 Å². The number of rotatable bonds is 4. The molecule has 0 radical (unpaired) electrons. The van der Waals surface area contributed by atoms with Gasteiger partial charge in [0, 0.05) is 36.0 Å². The Bertz CT molecular complexity index is 1510. The van der Waals surface area contributed by atoms with Gasteiger partial charge >= 0.3 is 0 Å². The Labute approximate surface area is 232 Å². The maximum absolute atomic E-state index is 10.7. The molecule has 2 aromatic carbocycles. The number of benzene rings is 2. The quantitative estimate of drug-likeness (QED) is 0.265. The predicted molar refractivity (Wildman–Crippen MR) is 165 cm³/mol. The minimum absolute atomic E-state index is 0.0997. The van der Waals surface area contributed by atoms with Gasteiger partial charge in [-0.2, -0.15) is 0 Å². The number of nitrogens with one attached hydrogen (secondary N) is 1. The first kappa shape index (κ1) is 28.0. The molecule has 5 heteroatoms. The van der Waals surface area contributed by atoms with Crippen LogP contribution in [-0.2, 0) is 5.41 Å². The molecular formula is C34H41N3O2. The number of hydrogen-bond acceptors (Lipinski definition) is 4. The van der Waals surface area contributed by atoms with Crippen LogP contribution in [0.4, 0.5) is 5.69 Å². The number of aliphatic hydroxyl groups is 1. The van der Waals surface area contributed by atoms with Crippen LogP contribution in [0.15, 0.2) is 77.8 Å². The van der Waals surface area contributed by atoms with Crippen molar-refractivity contribution in [3.05, 3.63) is 100 Å². The first-order chi connectivity index (χ1) is 18.5. The van der Waals surface area contributed by atoms with Crippen LogP contribution >= 0.6 is 0 Å². The van der Waals surface area contributed by atoms with E-state index in [0.29, 0.717) is 5.76 Å². The van der Waals surface area contributed by atoms with Crippen molar-refractivity contribution >= 4 is 28.4 Å². The second-order valence-corrected chi connectivity index (χ2v) is 10.8. The van der Waals surface area contributed by atoms with Gasteiger partial charge in [0.15, 0.2) is 0 Å².